The Morgan fingerprint density at radius 1 is 1.22 bits per heavy atom. The molecule has 3 heterocycles. The smallest absolute Gasteiger partial charge is 0.189 e. The maximum Gasteiger partial charge on any atom is 0.189 e. The summed E-state index contributed by atoms with van der Waals surface area (Å²) in [5.41, 5.74) is 1.26. The largest absolute Gasteiger partial charge is 0.369 e. The molecule has 0 spiro atoms. The Bertz CT molecular complexity index is 777. The Kier molecular flexibility index (Phi) is 7.44. The van der Waals surface area contributed by atoms with E-state index >= 15 is 0 Å². The summed E-state index contributed by atoms with van der Waals surface area (Å²) in [6, 6.07) is 0. The molecular weight excluding hydrogens is 400 g/mol. The van der Waals surface area contributed by atoms with Crippen LogP contribution >= 0.6 is 34.9 Å². The van der Waals surface area contributed by atoms with Gasteiger partial charge in [0, 0.05) is 29.9 Å². The molecule has 0 aliphatic carbocycles. The fourth-order valence-corrected chi connectivity index (χ4v) is 5.76. The molecule has 1 aliphatic rings. The second-order valence-corrected chi connectivity index (χ2v) is 9.49. The molecule has 2 aromatic rings. The maximum atomic E-state index is 6.14. The summed E-state index contributed by atoms with van der Waals surface area (Å²) >= 11 is 5.03. The lowest BCUT2D eigenvalue weighted by Crippen LogP contribution is -2.33. The normalized spacial score (nSPS) is 19.8. The molecule has 0 saturated carbocycles. The van der Waals surface area contributed by atoms with Gasteiger partial charge in [0.25, 0.3) is 0 Å². The monoisotopic (exact) mass is 428 g/mol. The Morgan fingerprint density at radius 3 is 2.59 bits per heavy atom. The zero-order valence-corrected chi connectivity index (χ0v) is 19.1. The fraction of sp³-hybridized carbons (Fsp3) is 0.684. The van der Waals surface area contributed by atoms with E-state index in [0.717, 1.165) is 27.9 Å². The van der Waals surface area contributed by atoms with Crippen molar-refractivity contribution in [3.05, 3.63) is 10.4 Å². The Morgan fingerprint density at radius 2 is 1.96 bits per heavy atom. The van der Waals surface area contributed by atoms with E-state index in [1.807, 2.05) is 20.1 Å². The average molecular weight is 429 g/mol. The lowest BCUT2D eigenvalue weighted by atomic mass is 9.90. The van der Waals surface area contributed by atoms with Crippen LogP contribution in [0.4, 0.5) is 0 Å². The molecular formula is C19H28N2O3S3. The van der Waals surface area contributed by atoms with Crippen molar-refractivity contribution < 1.29 is 14.2 Å². The van der Waals surface area contributed by atoms with Gasteiger partial charge in [0.2, 0.25) is 0 Å². The predicted octanol–water partition coefficient (Wildman–Crippen LogP) is 5.15. The summed E-state index contributed by atoms with van der Waals surface area (Å²) in [6.45, 7) is 10.3. The van der Waals surface area contributed by atoms with Crippen molar-refractivity contribution in [2.24, 2.45) is 0 Å². The van der Waals surface area contributed by atoms with Crippen LogP contribution in [-0.4, -0.2) is 47.1 Å². The molecule has 2 aromatic heterocycles. The van der Waals surface area contributed by atoms with Gasteiger partial charge in [0.05, 0.1) is 18.0 Å². The third-order valence-electron chi connectivity index (χ3n) is 4.77. The summed E-state index contributed by atoms with van der Waals surface area (Å²) in [7, 11) is 0. The molecule has 0 aromatic carbocycles. The summed E-state index contributed by atoms with van der Waals surface area (Å²) in [5, 5.41) is 3.05. The van der Waals surface area contributed by atoms with Gasteiger partial charge in [0.15, 0.2) is 11.4 Å². The second-order valence-electron chi connectivity index (χ2n) is 6.62. The summed E-state index contributed by atoms with van der Waals surface area (Å²) < 4.78 is 17.6. The van der Waals surface area contributed by atoms with Gasteiger partial charge in [-0.1, -0.05) is 18.7 Å². The average Bonchev–Trinajstić information content (AvgIpc) is 3.03. The molecule has 0 unspecified atom stereocenters. The number of rotatable bonds is 9. The predicted molar refractivity (Wildman–Crippen MR) is 114 cm³/mol. The van der Waals surface area contributed by atoms with Crippen LogP contribution in [-0.2, 0) is 27.2 Å². The summed E-state index contributed by atoms with van der Waals surface area (Å²) in [4.78, 5) is 12.0. The maximum absolute atomic E-state index is 6.14. The lowest BCUT2D eigenvalue weighted by molar-refractivity contribution is -0.120. The standard InChI is InChI=1S/C19H28N2O3S3/c1-6-19(4)9-12-13(10-24-19)27-17-15(12)16(20-18(21-17)25-5)26-11-14(22-7-2)23-8-3/h14H,6-11H2,1-5H3/t19-/m0/s1. The van der Waals surface area contributed by atoms with Crippen LogP contribution in [0.3, 0.4) is 0 Å². The van der Waals surface area contributed by atoms with Crippen molar-refractivity contribution in [1.82, 2.24) is 9.97 Å². The first kappa shape index (κ1) is 21.3. The number of aromatic nitrogens is 2. The number of fused-ring (bicyclic) bond motifs is 3. The van der Waals surface area contributed by atoms with Crippen molar-refractivity contribution in [3.8, 4) is 0 Å². The molecule has 27 heavy (non-hydrogen) atoms. The van der Waals surface area contributed by atoms with E-state index in [-0.39, 0.29) is 11.9 Å². The molecule has 0 bridgehead atoms. The summed E-state index contributed by atoms with van der Waals surface area (Å²) in [6.07, 6.45) is 3.71. The van der Waals surface area contributed by atoms with Crippen molar-refractivity contribution in [2.75, 3.05) is 25.2 Å². The van der Waals surface area contributed by atoms with Gasteiger partial charge in [-0.3, -0.25) is 0 Å². The molecule has 0 amide bonds. The van der Waals surface area contributed by atoms with E-state index in [0.29, 0.717) is 25.6 Å². The highest BCUT2D eigenvalue weighted by molar-refractivity contribution is 7.99. The van der Waals surface area contributed by atoms with E-state index < -0.39 is 0 Å². The molecule has 0 saturated heterocycles. The molecule has 0 fully saturated rings. The zero-order valence-electron chi connectivity index (χ0n) is 16.7. The highest BCUT2D eigenvalue weighted by Crippen LogP contribution is 2.43. The van der Waals surface area contributed by atoms with E-state index in [2.05, 4.69) is 13.8 Å². The number of hydrogen-bond acceptors (Lipinski definition) is 8. The van der Waals surface area contributed by atoms with E-state index in [1.165, 1.54) is 15.8 Å². The molecule has 1 aliphatic heterocycles. The first-order chi connectivity index (χ1) is 13.0. The molecule has 0 N–H and O–H groups in total. The van der Waals surface area contributed by atoms with Crippen LogP contribution in [0.15, 0.2) is 10.2 Å². The minimum absolute atomic E-state index is 0.111. The van der Waals surface area contributed by atoms with Gasteiger partial charge in [-0.2, -0.15) is 0 Å². The number of thioether (sulfide) groups is 2. The number of ether oxygens (including phenoxy) is 3. The van der Waals surface area contributed by atoms with Crippen molar-refractivity contribution >= 4 is 45.1 Å². The molecule has 1 atom stereocenters. The second kappa shape index (κ2) is 9.41. The Hall–Kier alpha value is -0.380. The highest BCUT2D eigenvalue weighted by atomic mass is 32.2. The molecule has 5 nitrogen and oxygen atoms in total. The third kappa shape index (κ3) is 4.79. The minimum atomic E-state index is -0.216. The van der Waals surface area contributed by atoms with Gasteiger partial charge in [-0.05, 0) is 39.0 Å². The first-order valence-corrected chi connectivity index (χ1v) is 12.4. The Labute approximate surface area is 174 Å². The van der Waals surface area contributed by atoms with E-state index in [9.17, 15) is 0 Å². The van der Waals surface area contributed by atoms with Crippen LogP contribution in [0.2, 0.25) is 0 Å². The minimum Gasteiger partial charge on any atom is -0.369 e. The molecule has 0 radical (unpaired) electrons. The van der Waals surface area contributed by atoms with Crippen LogP contribution < -0.4 is 0 Å². The van der Waals surface area contributed by atoms with E-state index in [4.69, 9.17) is 24.2 Å². The van der Waals surface area contributed by atoms with E-state index in [1.54, 1.807) is 34.9 Å². The van der Waals surface area contributed by atoms with Crippen LogP contribution in [0.25, 0.3) is 10.2 Å². The van der Waals surface area contributed by atoms with Gasteiger partial charge in [0.1, 0.15) is 9.86 Å². The topological polar surface area (TPSA) is 53.5 Å². The number of hydrogen-bond donors (Lipinski definition) is 0. The van der Waals surface area contributed by atoms with Crippen LogP contribution in [0, 0.1) is 0 Å². The van der Waals surface area contributed by atoms with Crippen molar-refractivity contribution in [3.63, 3.8) is 0 Å². The summed E-state index contributed by atoms with van der Waals surface area (Å²) in [5.74, 6) is 0.716. The van der Waals surface area contributed by atoms with Crippen LogP contribution in [0.1, 0.15) is 44.6 Å². The molecule has 8 heteroatoms. The van der Waals surface area contributed by atoms with Crippen LogP contribution in [0.5, 0.6) is 0 Å². The van der Waals surface area contributed by atoms with Gasteiger partial charge in [-0.25, -0.2) is 9.97 Å². The van der Waals surface area contributed by atoms with Gasteiger partial charge < -0.3 is 14.2 Å². The third-order valence-corrected chi connectivity index (χ3v) is 7.43. The van der Waals surface area contributed by atoms with Gasteiger partial charge >= 0.3 is 0 Å². The highest BCUT2D eigenvalue weighted by Gasteiger charge is 2.33. The zero-order chi connectivity index (χ0) is 19.4. The number of thiophene rings is 1. The fourth-order valence-electron chi connectivity index (χ4n) is 3.11. The molecule has 150 valence electrons. The van der Waals surface area contributed by atoms with Crippen molar-refractivity contribution in [1.29, 1.82) is 0 Å². The quantitative estimate of drug-likeness (QED) is 0.237. The lowest BCUT2D eigenvalue weighted by Gasteiger charge is -2.33. The Balaban J connectivity index is 1.96. The first-order valence-electron chi connectivity index (χ1n) is 9.39. The molecule has 3 rings (SSSR count). The van der Waals surface area contributed by atoms with Gasteiger partial charge in [-0.15, -0.1) is 23.1 Å². The van der Waals surface area contributed by atoms with Crippen molar-refractivity contribution in [2.45, 2.75) is 69.2 Å². The SMILES string of the molecule is CCOC(CSc1nc(SC)nc2sc3c(c12)C[C@](C)(CC)OC3)OCC. The number of nitrogens with zero attached hydrogens (tertiary/aromatic N) is 2.